The number of benzene rings is 1. The molecule has 12 heteroatoms. The molecule has 0 bridgehead atoms. The summed E-state index contributed by atoms with van der Waals surface area (Å²) in [7, 11) is 0. The Morgan fingerprint density at radius 3 is 2.13 bits per heavy atom. The van der Waals surface area contributed by atoms with Crippen LogP contribution in [-0.2, 0) is 30.4 Å². The average molecular weight is 440 g/mol. The van der Waals surface area contributed by atoms with Crippen molar-refractivity contribution < 1.29 is 34.2 Å². The summed E-state index contributed by atoms with van der Waals surface area (Å²) in [5.41, 5.74) is 6.11. The van der Waals surface area contributed by atoms with Gasteiger partial charge < -0.3 is 31.9 Å². The summed E-state index contributed by atoms with van der Waals surface area (Å²) in [5.74, 6) is -4.99. The van der Waals surface area contributed by atoms with Crippen LogP contribution in [0.25, 0.3) is 0 Å². The molecule has 3 amide bonds. The maximum atomic E-state index is 12.5. The number of rotatable bonds is 12. The Labute approximate surface area is 177 Å². The summed E-state index contributed by atoms with van der Waals surface area (Å²) in [6, 6.07) is 5.02. The third-order valence-corrected chi connectivity index (χ3v) is 4.25. The van der Waals surface area contributed by atoms with E-state index in [9.17, 15) is 24.0 Å². The number of amides is 3. The Bertz CT molecular complexity index is 775. The molecule has 0 aromatic heterocycles. The van der Waals surface area contributed by atoms with Crippen LogP contribution in [0.4, 0.5) is 0 Å². The molecule has 0 heterocycles. The summed E-state index contributed by atoms with van der Waals surface area (Å²) in [5, 5.41) is 24.6. The van der Waals surface area contributed by atoms with Crippen LogP contribution < -0.4 is 21.7 Å². The normalized spacial score (nSPS) is 13.4. The van der Waals surface area contributed by atoms with Crippen molar-refractivity contribution in [2.45, 2.75) is 31.0 Å². The minimum absolute atomic E-state index is 0.0732. The van der Waals surface area contributed by atoms with Gasteiger partial charge in [-0.2, -0.15) is 12.6 Å². The molecule has 0 radical (unpaired) electrons. The van der Waals surface area contributed by atoms with Crippen LogP contribution in [-0.4, -0.2) is 70.3 Å². The second kappa shape index (κ2) is 12.4. The Morgan fingerprint density at radius 1 is 0.967 bits per heavy atom. The molecule has 1 aromatic rings. The molecule has 0 fully saturated rings. The lowest BCUT2D eigenvalue weighted by Crippen LogP contribution is -2.55. The number of hydrogen-bond acceptors (Lipinski definition) is 7. The van der Waals surface area contributed by atoms with Crippen molar-refractivity contribution in [2.24, 2.45) is 5.73 Å². The summed E-state index contributed by atoms with van der Waals surface area (Å²) in [6.45, 7) is -0.542. The van der Waals surface area contributed by atoms with Gasteiger partial charge in [-0.15, -0.1) is 0 Å². The summed E-state index contributed by atoms with van der Waals surface area (Å²) >= 11 is 3.88. The molecular formula is C18H24N4O7S. The Hall–Kier alpha value is -3.12. The highest BCUT2D eigenvalue weighted by Crippen LogP contribution is 2.04. The molecule has 30 heavy (non-hydrogen) atoms. The lowest BCUT2D eigenvalue weighted by Gasteiger charge is -2.21. The minimum Gasteiger partial charge on any atom is -0.481 e. The number of carboxylic acid groups (broad SMARTS) is 2. The van der Waals surface area contributed by atoms with E-state index < -0.39 is 60.8 Å². The van der Waals surface area contributed by atoms with Crippen LogP contribution in [0.5, 0.6) is 0 Å². The first-order valence-corrected chi connectivity index (χ1v) is 9.49. The molecule has 0 spiro atoms. The molecule has 1 aromatic carbocycles. The van der Waals surface area contributed by atoms with E-state index in [4.69, 9.17) is 15.9 Å². The van der Waals surface area contributed by atoms with E-state index in [-0.39, 0.29) is 12.2 Å². The van der Waals surface area contributed by atoms with Crippen molar-refractivity contribution >= 4 is 42.3 Å². The number of nitrogens with two attached hydrogens (primary N) is 1. The summed E-state index contributed by atoms with van der Waals surface area (Å²) in [4.78, 5) is 58.2. The van der Waals surface area contributed by atoms with Gasteiger partial charge in [0, 0.05) is 12.2 Å². The Morgan fingerprint density at radius 2 is 1.60 bits per heavy atom. The quantitative estimate of drug-likeness (QED) is 0.184. The smallest absolute Gasteiger partial charge is 0.327 e. The second-order valence-corrected chi connectivity index (χ2v) is 6.68. The third-order valence-electron chi connectivity index (χ3n) is 3.89. The minimum atomic E-state index is -1.33. The van der Waals surface area contributed by atoms with Crippen molar-refractivity contribution in [2.75, 3.05) is 12.3 Å². The van der Waals surface area contributed by atoms with Gasteiger partial charge in [0.05, 0.1) is 19.0 Å². The third kappa shape index (κ3) is 8.92. The van der Waals surface area contributed by atoms with Crippen LogP contribution in [0.1, 0.15) is 12.0 Å². The molecule has 3 atom stereocenters. The molecule has 0 saturated heterocycles. The Kier molecular flexibility index (Phi) is 10.3. The maximum absolute atomic E-state index is 12.5. The standard InChI is InChI=1S/C18H24N4O7S/c19-11(7-15(24)25)16(26)20-8-14(23)21-12(6-10-4-2-1-3-5-10)17(27)22-13(9-30)18(28)29/h1-5,11-13,30H,6-9,19H2,(H,20,26)(H,21,23)(H,22,27)(H,24,25)(H,28,29). The predicted molar refractivity (Wildman–Crippen MR) is 109 cm³/mol. The molecule has 164 valence electrons. The molecule has 0 saturated carbocycles. The van der Waals surface area contributed by atoms with Crippen LogP contribution in [0.2, 0.25) is 0 Å². The molecule has 0 aliphatic heterocycles. The van der Waals surface area contributed by atoms with Crippen molar-refractivity contribution in [1.29, 1.82) is 0 Å². The van der Waals surface area contributed by atoms with Crippen LogP contribution in [0, 0.1) is 0 Å². The van der Waals surface area contributed by atoms with Crippen molar-refractivity contribution in [1.82, 2.24) is 16.0 Å². The van der Waals surface area contributed by atoms with Gasteiger partial charge in [0.1, 0.15) is 12.1 Å². The van der Waals surface area contributed by atoms with Crippen LogP contribution >= 0.6 is 12.6 Å². The van der Waals surface area contributed by atoms with Crippen molar-refractivity contribution in [3.05, 3.63) is 35.9 Å². The van der Waals surface area contributed by atoms with Gasteiger partial charge in [0.15, 0.2) is 0 Å². The predicted octanol–water partition coefficient (Wildman–Crippen LogP) is -1.87. The monoisotopic (exact) mass is 440 g/mol. The van der Waals surface area contributed by atoms with E-state index in [1.807, 2.05) is 0 Å². The molecule has 0 aliphatic carbocycles. The number of carbonyl (C=O) groups excluding carboxylic acids is 3. The van der Waals surface area contributed by atoms with Gasteiger partial charge in [-0.25, -0.2) is 4.79 Å². The first kappa shape index (κ1) is 24.9. The zero-order valence-corrected chi connectivity index (χ0v) is 16.8. The second-order valence-electron chi connectivity index (χ2n) is 6.31. The zero-order chi connectivity index (χ0) is 22.7. The zero-order valence-electron chi connectivity index (χ0n) is 15.9. The van der Waals surface area contributed by atoms with Crippen LogP contribution in [0.15, 0.2) is 30.3 Å². The molecule has 1 rings (SSSR count). The first-order valence-electron chi connectivity index (χ1n) is 8.86. The number of carboxylic acids is 2. The van der Waals surface area contributed by atoms with Crippen molar-refractivity contribution in [3.8, 4) is 0 Å². The Balaban J connectivity index is 2.77. The van der Waals surface area contributed by atoms with E-state index >= 15 is 0 Å². The lowest BCUT2D eigenvalue weighted by atomic mass is 10.0. The SMILES string of the molecule is NC(CC(=O)O)C(=O)NCC(=O)NC(Cc1ccccc1)C(=O)NC(CS)C(=O)O. The molecule has 11 nitrogen and oxygen atoms in total. The van der Waals surface area contributed by atoms with Crippen molar-refractivity contribution in [3.63, 3.8) is 0 Å². The van der Waals surface area contributed by atoms with E-state index in [1.165, 1.54) is 0 Å². The topological polar surface area (TPSA) is 188 Å². The summed E-state index contributed by atoms with van der Waals surface area (Å²) in [6.07, 6.45) is -0.531. The fourth-order valence-electron chi connectivity index (χ4n) is 2.34. The van der Waals surface area contributed by atoms with Gasteiger partial charge in [0.2, 0.25) is 17.7 Å². The van der Waals surface area contributed by atoms with E-state index in [0.717, 1.165) is 0 Å². The van der Waals surface area contributed by atoms with E-state index in [1.54, 1.807) is 30.3 Å². The van der Waals surface area contributed by atoms with E-state index in [2.05, 4.69) is 28.6 Å². The number of aliphatic carboxylic acids is 2. The average Bonchev–Trinajstić information content (AvgIpc) is 2.69. The van der Waals surface area contributed by atoms with Gasteiger partial charge in [0.25, 0.3) is 0 Å². The number of thiol groups is 1. The highest BCUT2D eigenvalue weighted by Gasteiger charge is 2.26. The largest absolute Gasteiger partial charge is 0.481 e. The molecule has 7 N–H and O–H groups in total. The molecular weight excluding hydrogens is 416 g/mol. The van der Waals surface area contributed by atoms with Crippen LogP contribution in [0.3, 0.4) is 0 Å². The highest BCUT2D eigenvalue weighted by atomic mass is 32.1. The molecule has 3 unspecified atom stereocenters. The van der Waals surface area contributed by atoms with Gasteiger partial charge >= 0.3 is 11.9 Å². The van der Waals surface area contributed by atoms with Gasteiger partial charge in [-0.05, 0) is 5.56 Å². The number of nitrogens with one attached hydrogen (secondary N) is 3. The molecule has 0 aliphatic rings. The van der Waals surface area contributed by atoms with Gasteiger partial charge in [-0.3, -0.25) is 19.2 Å². The first-order chi connectivity index (χ1) is 14.1. The summed E-state index contributed by atoms with van der Waals surface area (Å²) < 4.78 is 0. The van der Waals surface area contributed by atoms with E-state index in [0.29, 0.717) is 5.56 Å². The fourth-order valence-corrected chi connectivity index (χ4v) is 2.59. The fraction of sp³-hybridized carbons (Fsp3) is 0.389. The number of carbonyl (C=O) groups is 5. The maximum Gasteiger partial charge on any atom is 0.327 e. The highest BCUT2D eigenvalue weighted by molar-refractivity contribution is 7.80. The van der Waals surface area contributed by atoms with Gasteiger partial charge in [-0.1, -0.05) is 30.3 Å². The lowest BCUT2D eigenvalue weighted by molar-refractivity contribution is -0.141. The number of hydrogen-bond donors (Lipinski definition) is 7.